The molecule has 1 heterocycles. The highest BCUT2D eigenvalue weighted by Crippen LogP contribution is 2.26. The second-order valence-corrected chi connectivity index (χ2v) is 4.64. The second kappa shape index (κ2) is 4.70. The first-order valence-corrected chi connectivity index (χ1v) is 6.18. The highest BCUT2D eigenvalue weighted by molar-refractivity contribution is 5.92. The zero-order chi connectivity index (χ0) is 14.1. The highest BCUT2D eigenvalue weighted by atomic mass is 16.4. The SMILES string of the molecule is Nc1n[nH]c2ccc(-c3cccc(CC(=O)O)c3)cc12. The first kappa shape index (κ1) is 12.2. The predicted molar refractivity (Wildman–Crippen MR) is 77.3 cm³/mol. The summed E-state index contributed by atoms with van der Waals surface area (Å²) in [4.78, 5) is 10.8. The van der Waals surface area contributed by atoms with Gasteiger partial charge in [-0.1, -0.05) is 30.3 Å². The standard InChI is InChI=1S/C15H13N3O2/c16-15-12-8-11(4-5-13(12)17-18-15)10-3-1-2-9(6-10)7-14(19)20/h1-6,8H,7H2,(H,19,20)(H3,16,17,18). The number of nitrogens with one attached hydrogen (secondary N) is 1. The summed E-state index contributed by atoms with van der Waals surface area (Å²) >= 11 is 0. The smallest absolute Gasteiger partial charge is 0.307 e. The number of carboxylic acid groups (broad SMARTS) is 1. The van der Waals surface area contributed by atoms with Crippen LogP contribution in [0.3, 0.4) is 0 Å². The summed E-state index contributed by atoms with van der Waals surface area (Å²) in [5.74, 6) is -0.375. The third kappa shape index (κ3) is 2.21. The van der Waals surface area contributed by atoms with E-state index in [0.717, 1.165) is 27.6 Å². The second-order valence-electron chi connectivity index (χ2n) is 4.64. The average molecular weight is 267 g/mol. The lowest BCUT2D eigenvalue weighted by Crippen LogP contribution is -1.99. The van der Waals surface area contributed by atoms with Gasteiger partial charge >= 0.3 is 5.97 Å². The first-order valence-electron chi connectivity index (χ1n) is 6.18. The summed E-state index contributed by atoms with van der Waals surface area (Å²) in [7, 11) is 0. The molecular formula is C15H13N3O2. The van der Waals surface area contributed by atoms with Gasteiger partial charge in [-0.3, -0.25) is 9.89 Å². The Balaban J connectivity index is 2.05. The van der Waals surface area contributed by atoms with Crippen LogP contribution >= 0.6 is 0 Å². The Morgan fingerprint density at radius 2 is 2.00 bits per heavy atom. The number of aromatic amines is 1. The Kier molecular flexibility index (Phi) is 2.87. The van der Waals surface area contributed by atoms with Gasteiger partial charge in [-0.2, -0.15) is 5.10 Å². The van der Waals surface area contributed by atoms with Crippen LogP contribution in [0.15, 0.2) is 42.5 Å². The van der Waals surface area contributed by atoms with Crippen molar-refractivity contribution >= 4 is 22.7 Å². The molecule has 0 atom stereocenters. The van der Waals surface area contributed by atoms with Crippen LogP contribution in [-0.4, -0.2) is 21.3 Å². The molecule has 0 amide bonds. The maximum absolute atomic E-state index is 10.8. The van der Waals surface area contributed by atoms with Crippen LogP contribution in [-0.2, 0) is 11.2 Å². The van der Waals surface area contributed by atoms with Crippen LogP contribution in [0, 0.1) is 0 Å². The van der Waals surface area contributed by atoms with Crippen molar-refractivity contribution in [2.45, 2.75) is 6.42 Å². The molecule has 0 aliphatic heterocycles. The average Bonchev–Trinajstić information content (AvgIpc) is 2.80. The number of hydrogen-bond acceptors (Lipinski definition) is 3. The van der Waals surface area contributed by atoms with Crippen molar-refractivity contribution < 1.29 is 9.90 Å². The summed E-state index contributed by atoms with van der Waals surface area (Å²) in [5.41, 5.74) is 9.40. The van der Waals surface area contributed by atoms with E-state index < -0.39 is 5.97 Å². The summed E-state index contributed by atoms with van der Waals surface area (Å²) in [6.45, 7) is 0. The number of nitrogens with zero attached hydrogens (tertiary/aromatic N) is 1. The minimum Gasteiger partial charge on any atom is -0.481 e. The molecule has 0 radical (unpaired) electrons. The van der Waals surface area contributed by atoms with E-state index in [4.69, 9.17) is 10.8 Å². The number of rotatable bonds is 3. The van der Waals surface area contributed by atoms with Gasteiger partial charge in [0.05, 0.1) is 11.9 Å². The minimum absolute atomic E-state index is 0.0178. The zero-order valence-electron chi connectivity index (χ0n) is 10.6. The van der Waals surface area contributed by atoms with Gasteiger partial charge in [0.15, 0.2) is 5.82 Å². The van der Waals surface area contributed by atoms with Gasteiger partial charge < -0.3 is 10.8 Å². The fourth-order valence-corrected chi connectivity index (χ4v) is 2.25. The molecule has 0 saturated carbocycles. The molecule has 0 bridgehead atoms. The fraction of sp³-hybridized carbons (Fsp3) is 0.0667. The van der Waals surface area contributed by atoms with Crippen LogP contribution in [0.25, 0.3) is 22.0 Å². The molecule has 5 heteroatoms. The normalized spacial score (nSPS) is 10.8. The highest BCUT2D eigenvalue weighted by Gasteiger charge is 2.06. The van der Waals surface area contributed by atoms with Crippen molar-refractivity contribution in [2.24, 2.45) is 0 Å². The van der Waals surface area contributed by atoms with E-state index in [2.05, 4.69) is 10.2 Å². The number of benzene rings is 2. The van der Waals surface area contributed by atoms with Crippen molar-refractivity contribution in [1.29, 1.82) is 0 Å². The summed E-state index contributed by atoms with van der Waals surface area (Å²) < 4.78 is 0. The van der Waals surface area contributed by atoms with E-state index in [1.807, 2.05) is 42.5 Å². The number of hydrogen-bond donors (Lipinski definition) is 3. The van der Waals surface area contributed by atoms with Gasteiger partial charge in [0.2, 0.25) is 0 Å². The molecule has 4 N–H and O–H groups in total. The van der Waals surface area contributed by atoms with E-state index in [1.54, 1.807) is 0 Å². The van der Waals surface area contributed by atoms with Gasteiger partial charge in [-0.15, -0.1) is 0 Å². The van der Waals surface area contributed by atoms with Crippen LogP contribution in [0.4, 0.5) is 5.82 Å². The maximum Gasteiger partial charge on any atom is 0.307 e. The van der Waals surface area contributed by atoms with Gasteiger partial charge in [-0.25, -0.2) is 0 Å². The fourth-order valence-electron chi connectivity index (χ4n) is 2.25. The lowest BCUT2D eigenvalue weighted by Gasteiger charge is -2.04. The molecule has 3 aromatic rings. The first-order chi connectivity index (χ1) is 9.63. The number of carboxylic acids is 1. The van der Waals surface area contributed by atoms with E-state index in [9.17, 15) is 4.79 Å². The van der Waals surface area contributed by atoms with Crippen LogP contribution in [0.2, 0.25) is 0 Å². The molecule has 0 spiro atoms. The Labute approximate surface area is 115 Å². The number of aliphatic carboxylic acids is 1. The van der Waals surface area contributed by atoms with E-state index >= 15 is 0 Å². The Hall–Kier alpha value is -2.82. The molecule has 100 valence electrons. The summed E-state index contributed by atoms with van der Waals surface area (Å²) in [5, 5.41) is 16.5. The monoisotopic (exact) mass is 267 g/mol. The quantitative estimate of drug-likeness (QED) is 0.679. The predicted octanol–water partition coefficient (Wildman–Crippen LogP) is 2.44. The molecule has 5 nitrogen and oxygen atoms in total. The molecule has 20 heavy (non-hydrogen) atoms. The topological polar surface area (TPSA) is 92.0 Å². The third-order valence-electron chi connectivity index (χ3n) is 3.21. The van der Waals surface area contributed by atoms with E-state index in [-0.39, 0.29) is 6.42 Å². The van der Waals surface area contributed by atoms with E-state index in [1.165, 1.54) is 0 Å². The Morgan fingerprint density at radius 3 is 2.80 bits per heavy atom. The van der Waals surface area contributed by atoms with Crippen molar-refractivity contribution in [3.63, 3.8) is 0 Å². The number of aromatic nitrogens is 2. The van der Waals surface area contributed by atoms with Crippen LogP contribution < -0.4 is 5.73 Å². The van der Waals surface area contributed by atoms with Gasteiger partial charge in [0.1, 0.15) is 0 Å². The third-order valence-corrected chi connectivity index (χ3v) is 3.21. The number of nitrogens with two attached hydrogens (primary N) is 1. The largest absolute Gasteiger partial charge is 0.481 e. The van der Waals surface area contributed by atoms with Crippen molar-refractivity contribution in [3.05, 3.63) is 48.0 Å². The van der Waals surface area contributed by atoms with Gasteiger partial charge in [-0.05, 0) is 28.8 Å². The number of carbonyl (C=O) groups is 1. The van der Waals surface area contributed by atoms with Crippen molar-refractivity contribution in [1.82, 2.24) is 10.2 Å². The lowest BCUT2D eigenvalue weighted by molar-refractivity contribution is -0.136. The maximum atomic E-state index is 10.8. The number of fused-ring (bicyclic) bond motifs is 1. The number of anilines is 1. The van der Waals surface area contributed by atoms with Gasteiger partial charge in [0, 0.05) is 5.39 Å². The molecule has 0 aliphatic carbocycles. The molecule has 1 aromatic heterocycles. The lowest BCUT2D eigenvalue weighted by atomic mass is 10.0. The Bertz CT molecular complexity index is 793. The summed E-state index contributed by atoms with van der Waals surface area (Å²) in [6.07, 6.45) is 0.0178. The molecular weight excluding hydrogens is 254 g/mol. The summed E-state index contributed by atoms with van der Waals surface area (Å²) in [6, 6.07) is 13.3. The zero-order valence-corrected chi connectivity index (χ0v) is 10.6. The molecule has 2 aromatic carbocycles. The van der Waals surface area contributed by atoms with Crippen LogP contribution in [0.5, 0.6) is 0 Å². The van der Waals surface area contributed by atoms with Crippen molar-refractivity contribution in [2.75, 3.05) is 5.73 Å². The minimum atomic E-state index is -0.836. The van der Waals surface area contributed by atoms with Gasteiger partial charge in [0.25, 0.3) is 0 Å². The molecule has 0 unspecified atom stereocenters. The van der Waals surface area contributed by atoms with Crippen LogP contribution in [0.1, 0.15) is 5.56 Å². The molecule has 0 saturated heterocycles. The molecule has 0 fully saturated rings. The number of nitrogen functional groups attached to an aromatic ring is 1. The van der Waals surface area contributed by atoms with Crippen molar-refractivity contribution in [3.8, 4) is 11.1 Å². The number of H-pyrrole nitrogens is 1. The Morgan fingerprint density at radius 1 is 1.20 bits per heavy atom. The molecule has 3 rings (SSSR count). The van der Waals surface area contributed by atoms with E-state index in [0.29, 0.717) is 5.82 Å². The molecule has 0 aliphatic rings.